The molecule has 1 aliphatic carbocycles. The normalized spacial score (nSPS) is 36.5. The molecule has 138 valence electrons. The van der Waals surface area contributed by atoms with Crippen LogP contribution in [0.1, 0.15) is 60.3 Å². The van der Waals surface area contributed by atoms with Gasteiger partial charge in [0, 0.05) is 6.42 Å². The van der Waals surface area contributed by atoms with Crippen LogP contribution in [0.25, 0.3) is 0 Å². The van der Waals surface area contributed by atoms with Crippen LogP contribution in [-0.2, 0) is 4.89 Å². The van der Waals surface area contributed by atoms with E-state index in [1.807, 2.05) is 32.1 Å². The number of aliphatic hydroxyl groups excluding tert-OH is 1. The topological polar surface area (TPSA) is 69.9 Å². The minimum Gasteiger partial charge on any atom is -0.389 e. The Kier molecular flexibility index (Phi) is 7.87. The van der Waals surface area contributed by atoms with Gasteiger partial charge in [-0.25, -0.2) is 4.89 Å². The predicted octanol–water partition coefficient (Wildman–Crippen LogP) is 4.25. The first-order valence-electron chi connectivity index (χ1n) is 8.84. The lowest BCUT2D eigenvalue weighted by Gasteiger charge is -2.27. The molecular weight excluding hydrogens is 304 g/mol. The van der Waals surface area contributed by atoms with Crippen molar-refractivity contribution in [3.8, 4) is 0 Å². The van der Waals surface area contributed by atoms with Crippen molar-refractivity contribution in [1.29, 1.82) is 0 Å². The molecule has 0 saturated heterocycles. The Morgan fingerprint density at radius 1 is 1.25 bits per heavy atom. The Balaban J connectivity index is 3.11. The minimum absolute atomic E-state index is 0.261. The van der Waals surface area contributed by atoms with E-state index in [9.17, 15) is 15.5 Å². The van der Waals surface area contributed by atoms with Gasteiger partial charge in [0.05, 0.1) is 11.7 Å². The van der Waals surface area contributed by atoms with Crippen molar-refractivity contribution in [2.45, 2.75) is 77.6 Å². The van der Waals surface area contributed by atoms with Crippen LogP contribution >= 0.6 is 0 Å². The average Bonchev–Trinajstić information content (AvgIpc) is 2.45. The van der Waals surface area contributed by atoms with Gasteiger partial charge in [0.25, 0.3) is 0 Å². The number of rotatable bonds is 2. The Bertz CT molecular complexity index is 476. The monoisotopic (exact) mass is 338 g/mol. The molecule has 0 amide bonds. The summed E-state index contributed by atoms with van der Waals surface area (Å²) >= 11 is 0. The van der Waals surface area contributed by atoms with E-state index in [-0.39, 0.29) is 12.3 Å². The van der Waals surface area contributed by atoms with Crippen LogP contribution in [0.4, 0.5) is 0 Å². The summed E-state index contributed by atoms with van der Waals surface area (Å²) in [5, 5.41) is 30.0. The first-order valence-corrected chi connectivity index (χ1v) is 8.84. The molecule has 4 nitrogen and oxygen atoms in total. The highest BCUT2D eigenvalue weighted by Gasteiger charge is 2.26. The molecule has 24 heavy (non-hydrogen) atoms. The molecule has 0 aromatic rings. The number of hydrogen-bond donors (Lipinski definition) is 3. The molecule has 0 saturated carbocycles. The minimum atomic E-state index is -1.06. The zero-order chi connectivity index (χ0) is 18.4. The van der Waals surface area contributed by atoms with Crippen LogP contribution < -0.4 is 0 Å². The van der Waals surface area contributed by atoms with Gasteiger partial charge in [-0.1, -0.05) is 49.8 Å². The van der Waals surface area contributed by atoms with Crippen molar-refractivity contribution in [3.05, 3.63) is 36.0 Å². The lowest BCUT2D eigenvalue weighted by Crippen LogP contribution is -2.28. The summed E-state index contributed by atoms with van der Waals surface area (Å²) < 4.78 is 0. The third-order valence-corrected chi connectivity index (χ3v) is 4.75. The summed E-state index contributed by atoms with van der Waals surface area (Å²) in [6.45, 7) is 9.80. The fourth-order valence-electron chi connectivity index (χ4n) is 3.04. The second kappa shape index (κ2) is 8.95. The zero-order valence-electron chi connectivity index (χ0n) is 15.7. The largest absolute Gasteiger partial charge is 0.389 e. The van der Waals surface area contributed by atoms with Crippen LogP contribution in [0.3, 0.4) is 0 Å². The van der Waals surface area contributed by atoms with Gasteiger partial charge in [0.15, 0.2) is 0 Å². The molecule has 4 heteroatoms. The molecule has 0 aliphatic heterocycles. The molecule has 0 bridgehead atoms. The van der Waals surface area contributed by atoms with Gasteiger partial charge in [-0.2, -0.15) is 0 Å². The van der Waals surface area contributed by atoms with Gasteiger partial charge in [0.2, 0.25) is 0 Å². The molecule has 0 spiro atoms. The molecule has 4 atom stereocenters. The smallest absolute Gasteiger partial charge is 0.119 e. The molecule has 0 aromatic heterocycles. The highest BCUT2D eigenvalue weighted by molar-refractivity contribution is 5.12. The maximum absolute atomic E-state index is 10.5. The Morgan fingerprint density at radius 2 is 1.92 bits per heavy atom. The number of aliphatic hydroxyl groups is 2. The lowest BCUT2D eigenvalue weighted by atomic mass is 9.84. The van der Waals surface area contributed by atoms with Gasteiger partial charge in [-0.3, -0.25) is 5.26 Å². The first kappa shape index (κ1) is 21.1. The fraction of sp³-hybridized carbons (Fsp3) is 0.700. The summed E-state index contributed by atoms with van der Waals surface area (Å²) in [6.07, 6.45) is 11.2. The third-order valence-electron chi connectivity index (χ3n) is 4.75. The highest BCUT2D eigenvalue weighted by atomic mass is 17.1. The molecule has 4 unspecified atom stereocenters. The van der Waals surface area contributed by atoms with Crippen LogP contribution in [0.15, 0.2) is 36.0 Å². The van der Waals surface area contributed by atoms with E-state index in [0.29, 0.717) is 18.8 Å². The molecule has 1 rings (SSSR count). The van der Waals surface area contributed by atoms with Crippen LogP contribution in [-0.4, -0.2) is 32.8 Å². The van der Waals surface area contributed by atoms with Crippen LogP contribution in [0, 0.1) is 11.8 Å². The van der Waals surface area contributed by atoms with Gasteiger partial charge in [-0.15, -0.1) is 0 Å². The average molecular weight is 338 g/mol. The van der Waals surface area contributed by atoms with E-state index in [4.69, 9.17) is 4.89 Å². The van der Waals surface area contributed by atoms with Crippen LogP contribution in [0.5, 0.6) is 0 Å². The van der Waals surface area contributed by atoms with E-state index in [2.05, 4.69) is 13.8 Å². The number of allylic oxidation sites excluding steroid dienone is 3. The van der Waals surface area contributed by atoms with Crippen molar-refractivity contribution >= 4 is 0 Å². The summed E-state index contributed by atoms with van der Waals surface area (Å²) in [7, 11) is 0. The summed E-state index contributed by atoms with van der Waals surface area (Å²) in [6, 6.07) is 0. The van der Waals surface area contributed by atoms with Gasteiger partial charge >= 0.3 is 0 Å². The second-order valence-corrected chi connectivity index (χ2v) is 7.96. The number of hydrogen-bond acceptors (Lipinski definition) is 4. The third kappa shape index (κ3) is 7.31. The Hall–Kier alpha value is -0.940. The quantitative estimate of drug-likeness (QED) is 0.400. The van der Waals surface area contributed by atoms with Gasteiger partial charge in [-0.05, 0) is 51.9 Å². The maximum atomic E-state index is 10.5. The van der Waals surface area contributed by atoms with Crippen LogP contribution in [0.2, 0.25) is 0 Å². The standard InChI is InChI=1S/C20H34O4/c1-15(2)17-8-11-19(4,22)14-18(21)13-16(3)7-6-10-20(5,24-23)12-9-17/h6,8,10-11,13,15,17-18,21-23H,7,9,12,14H2,1-5H3. The fourth-order valence-corrected chi connectivity index (χ4v) is 3.04. The highest BCUT2D eigenvalue weighted by Crippen LogP contribution is 2.28. The Morgan fingerprint density at radius 3 is 2.50 bits per heavy atom. The van der Waals surface area contributed by atoms with Crippen molar-refractivity contribution in [2.24, 2.45) is 11.8 Å². The van der Waals surface area contributed by atoms with E-state index >= 15 is 0 Å². The molecule has 0 heterocycles. The molecular formula is C20H34O4. The molecule has 0 aromatic carbocycles. The maximum Gasteiger partial charge on any atom is 0.119 e. The second-order valence-electron chi connectivity index (χ2n) is 7.96. The van der Waals surface area contributed by atoms with Gasteiger partial charge in [0.1, 0.15) is 5.60 Å². The first-order chi connectivity index (χ1) is 11.1. The lowest BCUT2D eigenvalue weighted by molar-refractivity contribution is -0.304. The van der Waals surface area contributed by atoms with Crippen molar-refractivity contribution in [2.75, 3.05) is 0 Å². The molecule has 3 N–H and O–H groups in total. The van der Waals surface area contributed by atoms with Crippen molar-refractivity contribution < 1.29 is 20.4 Å². The van der Waals surface area contributed by atoms with E-state index in [1.54, 1.807) is 19.1 Å². The molecule has 0 radical (unpaired) electrons. The molecule has 0 fully saturated rings. The summed E-state index contributed by atoms with van der Waals surface area (Å²) in [5.74, 6) is 0.667. The van der Waals surface area contributed by atoms with E-state index in [0.717, 1.165) is 12.0 Å². The SMILES string of the molecule is CC1=CC(O)CC(C)(O)C=CC(C(C)C)CCC(C)(OO)C=CC1. The summed E-state index contributed by atoms with van der Waals surface area (Å²) in [4.78, 5) is 4.73. The predicted molar refractivity (Wildman–Crippen MR) is 97.6 cm³/mol. The van der Waals surface area contributed by atoms with Crippen molar-refractivity contribution in [3.63, 3.8) is 0 Å². The van der Waals surface area contributed by atoms with Crippen molar-refractivity contribution in [1.82, 2.24) is 0 Å². The van der Waals surface area contributed by atoms with E-state index in [1.165, 1.54) is 0 Å². The zero-order valence-corrected chi connectivity index (χ0v) is 15.7. The van der Waals surface area contributed by atoms with Gasteiger partial charge < -0.3 is 10.2 Å². The van der Waals surface area contributed by atoms with E-state index < -0.39 is 17.3 Å². The molecule has 1 aliphatic rings. The summed E-state index contributed by atoms with van der Waals surface area (Å²) in [5.41, 5.74) is -0.775. The Labute approximate surface area is 146 Å².